The number of halogens is 3. The van der Waals surface area contributed by atoms with Crippen molar-refractivity contribution in [2.24, 2.45) is 0 Å². The number of H-pyrrole nitrogens is 1. The van der Waals surface area contributed by atoms with Gasteiger partial charge in [0.15, 0.2) is 0 Å². The summed E-state index contributed by atoms with van der Waals surface area (Å²) < 4.78 is 41.5. The zero-order chi connectivity index (χ0) is 12.8. The molecule has 0 aliphatic heterocycles. The molecular formula is C11H6F3N3O. The highest BCUT2D eigenvalue weighted by atomic mass is 19.4. The van der Waals surface area contributed by atoms with Gasteiger partial charge in [-0.25, -0.2) is 0 Å². The van der Waals surface area contributed by atoms with Crippen molar-refractivity contribution < 1.29 is 17.6 Å². The highest BCUT2D eigenvalue weighted by Crippen LogP contribution is 2.30. The van der Waals surface area contributed by atoms with Crippen LogP contribution in [0.5, 0.6) is 0 Å². The largest absolute Gasteiger partial charge is 0.470 e. The van der Waals surface area contributed by atoms with E-state index in [4.69, 9.17) is 0 Å². The average Bonchev–Trinajstić information content (AvgIpc) is 2.94. The van der Waals surface area contributed by atoms with Crippen LogP contribution in [-0.2, 0) is 6.18 Å². The summed E-state index contributed by atoms with van der Waals surface area (Å²) >= 11 is 0. The first kappa shape index (κ1) is 10.8. The number of alkyl halides is 3. The number of para-hydroxylation sites is 1. The minimum absolute atomic E-state index is 0.182. The Morgan fingerprint density at radius 2 is 1.89 bits per heavy atom. The van der Waals surface area contributed by atoms with Crippen molar-refractivity contribution in [2.75, 3.05) is 0 Å². The van der Waals surface area contributed by atoms with E-state index in [1.165, 1.54) is 0 Å². The maximum atomic E-state index is 12.3. The molecule has 0 fully saturated rings. The monoisotopic (exact) mass is 253 g/mol. The van der Waals surface area contributed by atoms with Crippen molar-refractivity contribution in [1.82, 2.24) is 15.2 Å². The van der Waals surface area contributed by atoms with Crippen molar-refractivity contribution in [2.45, 2.75) is 6.18 Å². The molecule has 18 heavy (non-hydrogen) atoms. The number of nitrogens with one attached hydrogen (secondary N) is 1. The highest BCUT2D eigenvalue weighted by Gasteiger charge is 2.38. The minimum Gasteiger partial charge on any atom is -0.411 e. The molecule has 1 N–H and O–H groups in total. The van der Waals surface area contributed by atoms with E-state index in [0.29, 0.717) is 5.69 Å². The number of aromatic nitrogens is 3. The highest BCUT2D eigenvalue weighted by molar-refractivity contribution is 5.84. The lowest BCUT2D eigenvalue weighted by molar-refractivity contribution is -0.156. The molecule has 4 nitrogen and oxygen atoms in total. The van der Waals surface area contributed by atoms with E-state index >= 15 is 0 Å². The van der Waals surface area contributed by atoms with E-state index in [0.717, 1.165) is 10.9 Å². The van der Waals surface area contributed by atoms with Crippen LogP contribution in [0.1, 0.15) is 5.89 Å². The van der Waals surface area contributed by atoms with Crippen LogP contribution in [0, 0.1) is 0 Å². The number of fused-ring (bicyclic) bond motifs is 1. The summed E-state index contributed by atoms with van der Waals surface area (Å²) in [4.78, 5) is 2.91. The maximum absolute atomic E-state index is 12.3. The lowest BCUT2D eigenvalue weighted by Gasteiger charge is -1.96. The number of benzene rings is 1. The molecule has 0 bridgehead atoms. The predicted molar refractivity (Wildman–Crippen MR) is 56.6 cm³/mol. The van der Waals surface area contributed by atoms with E-state index in [1.54, 1.807) is 12.1 Å². The number of rotatable bonds is 1. The van der Waals surface area contributed by atoms with Gasteiger partial charge >= 0.3 is 12.1 Å². The summed E-state index contributed by atoms with van der Waals surface area (Å²) in [6.07, 6.45) is -4.63. The molecule has 2 aromatic heterocycles. The molecule has 0 saturated carbocycles. The Morgan fingerprint density at radius 1 is 1.11 bits per heavy atom. The van der Waals surface area contributed by atoms with Crippen LogP contribution in [0.4, 0.5) is 13.2 Å². The average molecular weight is 253 g/mol. The van der Waals surface area contributed by atoms with Crippen molar-refractivity contribution in [1.29, 1.82) is 0 Å². The molecule has 3 aromatic rings. The van der Waals surface area contributed by atoms with E-state index in [9.17, 15) is 13.2 Å². The van der Waals surface area contributed by atoms with Gasteiger partial charge in [0.05, 0.1) is 0 Å². The molecule has 2 heterocycles. The Labute approximate surface area is 98.4 Å². The van der Waals surface area contributed by atoms with Gasteiger partial charge in [-0.3, -0.25) is 0 Å². The first-order chi connectivity index (χ1) is 8.54. The lowest BCUT2D eigenvalue weighted by atomic mass is 10.2. The first-order valence-corrected chi connectivity index (χ1v) is 5.03. The Kier molecular flexibility index (Phi) is 2.16. The lowest BCUT2D eigenvalue weighted by Crippen LogP contribution is -2.04. The molecule has 0 aliphatic carbocycles. The normalized spacial score (nSPS) is 12.2. The fraction of sp³-hybridized carbons (Fsp3) is 0.0909. The molecule has 0 saturated heterocycles. The summed E-state index contributed by atoms with van der Waals surface area (Å²) in [6, 6.07) is 8.94. The van der Waals surface area contributed by atoms with Gasteiger partial charge in [0.1, 0.15) is 5.69 Å². The number of hydrogen-bond donors (Lipinski definition) is 1. The van der Waals surface area contributed by atoms with Gasteiger partial charge in [-0.1, -0.05) is 18.2 Å². The molecule has 7 heteroatoms. The van der Waals surface area contributed by atoms with E-state index in [2.05, 4.69) is 19.6 Å². The summed E-state index contributed by atoms with van der Waals surface area (Å²) in [5, 5.41) is 7.21. The summed E-state index contributed by atoms with van der Waals surface area (Å²) in [5.74, 6) is -1.53. The van der Waals surface area contributed by atoms with Crippen LogP contribution in [0.2, 0.25) is 0 Å². The summed E-state index contributed by atoms with van der Waals surface area (Å²) in [6.45, 7) is 0. The second-order valence-corrected chi connectivity index (χ2v) is 3.68. The van der Waals surface area contributed by atoms with Crippen LogP contribution < -0.4 is 0 Å². The molecule has 0 unspecified atom stereocenters. The summed E-state index contributed by atoms with van der Waals surface area (Å²) in [5.41, 5.74) is 1.15. The van der Waals surface area contributed by atoms with Gasteiger partial charge in [0.2, 0.25) is 0 Å². The molecule has 0 atom stereocenters. The zero-order valence-corrected chi connectivity index (χ0v) is 8.82. The van der Waals surface area contributed by atoms with Crippen LogP contribution in [-0.4, -0.2) is 15.2 Å². The van der Waals surface area contributed by atoms with Crippen LogP contribution in [0.3, 0.4) is 0 Å². The molecule has 3 rings (SSSR count). The van der Waals surface area contributed by atoms with Crippen molar-refractivity contribution in [3.8, 4) is 11.6 Å². The van der Waals surface area contributed by atoms with Crippen LogP contribution >= 0.6 is 0 Å². The molecule has 92 valence electrons. The number of nitrogens with zero attached hydrogens (tertiary/aromatic N) is 2. The molecule has 0 aliphatic rings. The maximum Gasteiger partial charge on any atom is 0.470 e. The smallest absolute Gasteiger partial charge is 0.411 e. The second-order valence-electron chi connectivity index (χ2n) is 3.68. The third-order valence-corrected chi connectivity index (χ3v) is 2.43. The number of aromatic amines is 1. The Balaban J connectivity index is 2.06. The summed E-state index contributed by atoms with van der Waals surface area (Å²) in [7, 11) is 0. The Morgan fingerprint density at radius 3 is 2.56 bits per heavy atom. The van der Waals surface area contributed by atoms with Crippen molar-refractivity contribution in [3.05, 3.63) is 36.2 Å². The Bertz CT molecular complexity index is 666. The van der Waals surface area contributed by atoms with Gasteiger partial charge in [-0.2, -0.15) is 13.2 Å². The topological polar surface area (TPSA) is 54.7 Å². The zero-order valence-electron chi connectivity index (χ0n) is 8.82. The molecule has 1 aromatic carbocycles. The van der Waals surface area contributed by atoms with E-state index in [-0.39, 0.29) is 5.89 Å². The molecule has 0 spiro atoms. The second kappa shape index (κ2) is 3.59. The van der Waals surface area contributed by atoms with Gasteiger partial charge in [-0.15, -0.1) is 10.2 Å². The fourth-order valence-electron chi connectivity index (χ4n) is 1.64. The quantitative estimate of drug-likeness (QED) is 0.724. The van der Waals surface area contributed by atoms with Gasteiger partial charge in [-0.05, 0) is 12.1 Å². The standard InChI is InChI=1S/C11H6F3N3O/c12-11(13,14)10-17-16-9(18-10)8-5-6-3-1-2-4-7(6)15-8/h1-5,15H. The van der Waals surface area contributed by atoms with Crippen LogP contribution in [0.15, 0.2) is 34.7 Å². The van der Waals surface area contributed by atoms with Crippen molar-refractivity contribution >= 4 is 10.9 Å². The minimum atomic E-state index is -4.63. The third kappa shape index (κ3) is 1.73. The Hall–Kier alpha value is -2.31. The molecular weight excluding hydrogens is 247 g/mol. The van der Waals surface area contributed by atoms with Gasteiger partial charge in [0, 0.05) is 10.9 Å². The van der Waals surface area contributed by atoms with Crippen molar-refractivity contribution in [3.63, 3.8) is 0 Å². The van der Waals surface area contributed by atoms with E-state index < -0.39 is 12.1 Å². The first-order valence-electron chi connectivity index (χ1n) is 5.03. The van der Waals surface area contributed by atoms with Gasteiger partial charge < -0.3 is 9.40 Å². The van der Waals surface area contributed by atoms with Gasteiger partial charge in [0.25, 0.3) is 5.89 Å². The fourth-order valence-corrected chi connectivity index (χ4v) is 1.64. The third-order valence-electron chi connectivity index (χ3n) is 2.43. The SMILES string of the molecule is FC(F)(F)c1nnc(-c2cc3ccccc3[nH]2)o1. The number of hydrogen-bond acceptors (Lipinski definition) is 3. The van der Waals surface area contributed by atoms with E-state index in [1.807, 2.05) is 18.2 Å². The molecule has 0 amide bonds. The predicted octanol–water partition coefficient (Wildman–Crippen LogP) is 3.24. The van der Waals surface area contributed by atoms with Crippen LogP contribution in [0.25, 0.3) is 22.5 Å². The molecule has 0 radical (unpaired) electrons.